The highest BCUT2D eigenvalue weighted by Gasteiger charge is 2.20. The largest absolute Gasteiger partial charge is 0.497 e. The maximum Gasteiger partial charge on any atom is 0.309 e. The Labute approximate surface area is 130 Å². The van der Waals surface area contributed by atoms with Crippen LogP contribution in [0.4, 0.5) is 0 Å². The molecule has 1 aliphatic carbocycles. The Morgan fingerprint density at radius 1 is 1.23 bits per heavy atom. The predicted molar refractivity (Wildman–Crippen MR) is 82.3 cm³/mol. The molecular formula is C17H21NO4. The van der Waals surface area contributed by atoms with E-state index in [-0.39, 0.29) is 24.4 Å². The lowest BCUT2D eigenvalue weighted by molar-refractivity contribution is -0.152. The van der Waals surface area contributed by atoms with Crippen LogP contribution >= 0.6 is 0 Å². The summed E-state index contributed by atoms with van der Waals surface area (Å²) in [6.45, 7) is 0.168. The Bertz CT molecular complexity index is 536. The third kappa shape index (κ3) is 4.91. The number of carbonyl (C=O) groups excluding carboxylic acids is 2. The number of amides is 1. The summed E-state index contributed by atoms with van der Waals surface area (Å²) in [7, 11) is 1.60. The van der Waals surface area contributed by atoms with E-state index in [9.17, 15) is 9.59 Å². The fourth-order valence-electron chi connectivity index (χ4n) is 2.26. The van der Waals surface area contributed by atoms with E-state index in [0.717, 1.165) is 24.2 Å². The summed E-state index contributed by atoms with van der Waals surface area (Å²) in [6, 6.07) is 7.41. The molecule has 5 heteroatoms. The third-order valence-electron chi connectivity index (χ3n) is 3.60. The molecule has 22 heavy (non-hydrogen) atoms. The molecule has 1 atom stereocenters. The Kier molecular flexibility index (Phi) is 6.01. The summed E-state index contributed by atoms with van der Waals surface area (Å²) < 4.78 is 10.1. The van der Waals surface area contributed by atoms with Gasteiger partial charge < -0.3 is 14.8 Å². The van der Waals surface area contributed by atoms with Crippen LogP contribution in [0, 0.1) is 5.92 Å². The van der Waals surface area contributed by atoms with E-state index in [0.29, 0.717) is 13.0 Å². The number of methoxy groups -OCH3 is 1. The molecule has 0 saturated carbocycles. The van der Waals surface area contributed by atoms with Gasteiger partial charge in [-0.25, -0.2) is 0 Å². The lowest BCUT2D eigenvalue weighted by Gasteiger charge is -2.16. The number of hydrogen-bond acceptors (Lipinski definition) is 4. The summed E-state index contributed by atoms with van der Waals surface area (Å²) in [5.74, 6) is 0.0735. The topological polar surface area (TPSA) is 64.6 Å². The number of nitrogens with one attached hydrogen (secondary N) is 1. The van der Waals surface area contributed by atoms with E-state index in [2.05, 4.69) is 11.4 Å². The molecule has 1 amide bonds. The lowest BCUT2D eigenvalue weighted by Crippen LogP contribution is -2.30. The summed E-state index contributed by atoms with van der Waals surface area (Å²) in [5, 5.41) is 2.72. The molecule has 0 fully saturated rings. The second-order valence-corrected chi connectivity index (χ2v) is 5.21. The van der Waals surface area contributed by atoms with Gasteiger partial charge in [0.2, 0.25) is 0 Å². The van der Waals surface area contributed by atoms with Crippen molar-refractivity contribution in [2.75, 3.05) is 13.7 Å². The average Bonchev–Trinajstić information content (AvgIpc) is 2.59. The van der Waals surface area contributed by atoms with Gasteiger partial charge in [-0.2, -0.15) is 0 Å². The Morgan fingerprint density at radius 2 is 2.00 bits per heavy atom. The highest BCUT2D eigenvalue weighted by molar-refractivity contribution is 5.81. The zero-order valence-corrected chi connectivity index (χ0v) is 12.7. The van der Waals surface area contributed by atoms with Crippen LogP contribution in [0.5, 0.6) is 5.75 Å². The minimum Gasteiger partial charge on any atom is -0.497 e. The fourth-order valence-corrected chi connectivity index (χ4v) is 2.26. The summed E-state index contributed by atoms with van der Waals surface area (Å²) >= 11 is 0. The SMILES string of the molecule is COc1ccc(CNC(=O)COC(=O)[C@H]2CC=CCC2)cc1. The van der Waals surface area contributed by atoms with Crippen LogP contribution in [-0.2, 0) is 20.9 Å². The Hall–Kier alpha value is -2.30. The van der Waals surface area contributed by atoms with E-state index < -0.39 is 0 Å². The molecule has 0 unspecified atom stereocenters. The maximum atomic E-state index is 11.8. The molecule has 2 rings (SSSR count). The molecule has 0 aliphatic heterocycles. The zero-order valence-electron chi connectivity index (χ0n) is 12.7. The van der Waals surface area contributed by atoms with Gasteiger partial charge in [-0.15, -0.1) is 0 Å². The number of ether oxygens (including phenoxy) is 2. The summed E-state index contributed by atoms with van der Waals surface area (Å²) in [6.07, 6.45) is 6.43. The molecule has 1 aromatic carbocycles. The van der Waals surface area contributed by atoms with Crippen molar-refractivity contribution in [3.8, 4) is 5.75 Å². The van der Waals surface area contributed by atoms with Crippen LogP contribution in [0.3, 0.4) is 0 Å². The first kappa shape index (κ1) is 16.1. The van der Waals surface area contributed by atoms with Gasteiger partial charge in [0.25, 0.3) is 5.91 Å². The summed E-state index contributed by atoms with van der Waals surface area (Å²) in [4.78, 5) is 23.5. The minimum atomic E-state index is -0.296. The van der Waals surface area contributed by atoms with Crippen molar-refractivity contribution in [1.82, 2.24) is 5.32 Å². The zero-order chi connectivity index (χ0) is 15.8. The van der Waals surface area contributed by atoms with Crippen molar-refractivity contribution in [2.45, 2.75) is 25.8 Å². The van der Waals surface area contributed by atoms with Crippen molar-refractivity contribution < 1.29 is 19.1 Å². The maximum absolute atomic E-state index is 11.8. The van der Waals surface area contributed by atoms with Gasteiger partial charge in [0.05, 0.1) is 13.0 Å². The van der Waals surface area contributed by atoms with Crippen LogP contribution in [-0.4, -0.2) is 25.6 Å². The van der Waals surface area contributed by atoms with Crippen molar-refractivity contribution in [2.24, 2.45) is 5.92 Å². The van der Waals surface area contributed by atoms with Crippen LogP contribution in [0.25, 0.3) is 0 Å². The number of hydrogen-bond donors (Lipinski definition) is 1. The highest BCUT2D eigenvalue weighted by atomic mass is 16.5. The second kappa shape index (κ2) is 8.22. The molecule has 1 N–H and O–H groups in total. The average molecular weight is 303 g/mol. The van der Waals surface area contributed by atoms with Gasteiger partial charge in [-0.1, -0.05) is 24.3 Å². The van der Waals surface area contributed by atoms with Crippen LogP contribution in [0.1, 0.15) is 24.8 Å². The molecule has 0 spiro atoms. The van der Waals surface area contributed by atoms with Gasteiger partial charge in [-0.3, -0.25) is 9.59 Å². The molecule has 1 aromatic rings. The molecule has 0 saturated heterocycles. The molecular weight excluding hydrogens is 282 g/mol. The highest BCUT2D eigenvalue weighted by Crippen LogP contribution is 2.19. The molecule has 0 bridgehead atoms. The standard InChI is InChI=1S/C17H21NO4/c1-21-15-9-7-13(8-10-15)11-18-16(19)12-22-17(20)14-5-3-2-4-6-14/h2-3,7-10,14H,4-6,11-12H2,1H3,(H,18,19)/t14-/m0/s1. The van der Waals surface area contributed by atoms with Crippen molar-refractivity contribution in [3.05, 3.63) is 42.0 Å². The van der Waals surface area contributed by atoms with Crippen LogP contribution in [0.15, 0.2) is 36.4 Å². The predicted octanol–water partition coefficient (Wildman–Crippen LogP) is 2.21. The Morgan fingerprint density at radius 3 is 2.64 bits per heavy atom. The fraction of sp³-hybridized carbons (Fsp3) is 0.412. The van der Waals surface area contributed by atoms with Crippen molar-refractivity contribution in [3.63, 3.8) is 0 Å². The van der Waals surface area contributed by atoms with E-state index >= 15 is 0 Å². The molecule has 0 aromatic heterocycles. The number of esters is 1. The van der Waals surface area contributed by atoms with E-state index in [1.165, 1.54) is 0 Å². The van der Waals surface area contributed by atoms with Gasteiger partial charge in [-0.05, 0) is 37.0 Å². The van der Waals surface area contributed by atoms with E-state index in [1.54, 1.807) is 7.11 Å². The number of allylic oxidation sites excluding steroid dienone is 2. The van der Waals surface area contributed by atoms with Gasteiger partial charge >= 0.3 is 5.97 Å². The smallest absolute Gasteiger partial charge is 0.309 e. The third-order valence-corrected chi connectivity index (χ3v) is 3.60. The lowest BCUT2D eigenvalue weighted by atomic mass is 9.95. The van der Waals surface area contributed by atoms with Crippen LogP contribution < -0.4 is 10.1 Å². The minimum absolute atomic E-state index is 0.112. The molecule has 0 radical (unpaired) electrons. The second-order valence-electron chi connectivity index (χ2n) is 5.21. The normalized spacial score (nSPS) is 16.9. The molecule has 0 heterocycles. The molecule has 5 nitrogen and oxygen atoms in total. The number of benzene rings is 1. The quantitative estimate of drug-likeness (QED) is 0.646. The van der Waals surface area contributed by atoms with Crippen LogP contribution in [0.2, 0.25) is 0 Å². The van der Waals surface area contributed by atoms with E-state index in [1.807, 2.05) is 30.3 Å². The van der Waals surface area contributed by atoms with Gasteiger partial charge in [0.15, 0.2) is 6.61 Å². The molecule has 1 aliphatic rings. The number of rotatable bonds is 6. The van der Waals surface area contributed by atoms with Gasteiger partial charge in [0.1, 0.15) is 5.75 Å². The van der Waals surface area contributed by atoms with Crippen molar-refractivity contribution >= 4 is 11.9 Å². The first-order valence-corrected chi connectivity index (χ1v) is 7.40. The van der Waals surface area contributed by atoms with E-state index in [4.69, 9.17) is 9.47 Å². The first-order chi connectivity index (χ1) is 10.7. The van der Waals surface area contributed by atoms with Gasteiger partial charge in [0, 0.05) is 6.54 Å². The van der Waals surface area contributed by atoms with Crippen molar-refractivity contribution in [1.29, 1.82) is 0 Å². The number of carbonyl (C=O) groups is 2. The molecule has 118 valence electrons. The summed E-state index contributed by atoms with van der Waals surface area (Å²) in [5.41, 5.74) is 0.956. The Balaban J connectivity index is 1.68. The first-order valence-electron chi connectivity index (χ1n) is 7.40. The monoisotopic (exact) mass is 303 g/mol.